The van der Waals surface area contributed by atoms with E-state index in [0.717, 1.165) is 38.6 Å². The van der Waals surface area contributed by atoms with Crippen LogP contribution in [0.15, 0.2) is 4.99 Å². The molecule has 0 heterocycles. The van der Waals surface area contributed by atoms with Crippen LogP contribution in [-0.4, -0.2) is 68.9 Å². The fraction of sp³-hybridized carbons (Fsp3) is 0.882. The number of unbranched alkanes of at least 4 members (excludes halogenated alkanes) is 1. The van der Waals surface area contributed by atoms with Crippen molar-refractivity contribution >= 4 is 12.1 Å². The molecule has 0 aliphatic heterocycles. The second kappa shape index (κ2) is 12.9. The van der Waals surface area contributed by atoms with Crippen LogP contribution >= 0.6 is 0 Å². The Balaban J connectivity index is 3.73. The molecule has 1 amide bonds. The molecule has 0 fully saturated rings. The number of ether oxygens (including phenoxy) is 1. The lowest BCUT2D eigenvalue weighted by atomic mass is 10.2. The fourth-order valence-corrected chi connectivity index (χ4v) is 2.09. The van der Waals surface area contributed by atoms with Gasteiger partial charge in [0, 0.05) is 26.7 Å². The summed E-state index contributed by atoms with van der Waals surface area (Å²) in [5.74, 6) is 0.754. The summed E-state index contributed by atoms with van der Waals surface area (Å²) >= 11 is 0. The molecule has 3 N–H and O–H groups in total. The zero-order valence-electron chi connectivity index (χ0n) is 16.4. The number of alkyl carbamates (subject to hydrolysis) is 1. The summed E-state index contributed by atoms with van der Waals surface area (Å²) in [6, 6.07) is 0. The van der Waals surface area contributed by atoms with E-state index in [-0.39, 0.29) is 0 Å². The van der Waals surface area contributed by atoms with Gasteiger partial charge in [0.2, 0.25) is 0 Å². The van der Waals surface area contributed by atoms with Gasteiger partial charge < -0.3 is 25.6 Å². The van der Waals surface area contributed by atoms with Gasteiger partial charge in [-0.15, -0.1) is 0 Å². The Bertz CT molecular complexity index is 362. The van der Waals surface area contributed by atoms with Crippen LogP contribution in [0.4, 0.5) is 4.79 Å². The van der Waals surface area contributed by atoms with E-state index in [1.165, 1.54) is 6.42 Å². The number of carbonyl (C=O) groups excluding carboxylic acids is 1. The third-order valence-electron chi connectivity index (χ3n) is 3.40. The number of guanidine groups is 1. The number of carbonyl (C=O) groups is 1. The molecular weight excluding hydrogens is 306 g/mol. The molecule has 0 rings (SSSR count). The summed E-state index contributed by atoms with van der Waals surface area (Å²) in [4.78, 5) is 18.1. The van der Waals surface area contributed by atoms with Crippen molar-refractivity contribution < 1.29 is 9.53 Å². The standard InChI is InChI=1S/C17H37N5O2/c1-7-22(8-2)14-10-9-11-19-15(18-6)20-12-13-21-16(23)24-17(3,4)5/h7-14H2,1-6H3,(H,21,23)(H2,18,19,20). The van der Waals surface area contributed by atoms with Gasteiger partial charge in [-0.3, -0.25) is 4.99 Å². The van der Waals surface area contributed by atoms with Gasteiger partial charge in [0.25, 0.3) is 0 Å². The van der Waals surface area contributed by atoms with Crippen LogP contribution in [0.2, 0.25) is 0 Å². The normalized spacial score (nSPS) is 12.2. The molecule has 0 aromatic carbocycles. The third-order valence-corrected chi connectivity index (χ3v) is 3.40. The third kappa shape index (κ3) is 13.0. The smallest absolute Gasteiger partial charge is 0.407 e. The van der Waals surface area contributed by atoms with Gasteiger partial charge in [-0.25, -0.2) is 4.79 Å². The predicted molar refractivity (Wildman–Crippen MR) is 101 cm³/mol. The van der Waals surface area contributed by atoms with Crippen molar-refractivity contribution in [2.45, 2.75) is 53.1 Å². The number of amides is 1. The highest BCUT2D eigenvalue weighted by Gasteiger charge is 2.15. The molecule has 7 nitrogen and oxygen atoms in total. The monoisotopic (exact) mass is 343 g/mol. The lowest BCUT2D eigenvalue weighted by Gasteiger charge is -2.20. The van der Waals surface area contributed by atoms with E-state index in [9.17, 15) is 4.79 Å². The molecule has 0 saturated carbocycles. The Morgan fingerprint density at radius 2 is 1.58 bits per heavy atom. The molecule has 0 radical (unpaired) electrons. The average molecular weight is 344 g/mol. The molecule has 0 aliphatic carbocycles. The summed E-state index contributed by atoms with van der Waals surface area (Å²) in [7, 11) is 1.74. The fourth-order valence-electron chi connectivity index (χ4n) is 2.09. The first-order valence-electron chi connectivity index (χ1n) is 8.96. The van der Waals surface area contributed by atoms with Crippen LogP contribution < -0.4 is 16.0 Å². The van der Waals surface area contributed by atoms with Crippen LogP contribution in [-0.2, 0) is 4.74 Å². The van der Waals surface area contributed by atoms with E-state index >= 15 is 0 Å². The second-order valence-corrected chi connectivity index (χ2v) is 6.59. The van der Waals surface area contributed by atoms with Gasteiger partial charge in [-0.1, -0.05) is 13.8 Å². The second-order valence-electron chi connectivity index (χ2n) is 6.59. The van der Waals surface area contributed by atoms with Gasteiger partial charge in [0.15, 0.2) is 5.96 Å². The molecule has 0 aromatic rings. The Labute approximate surface area is 147 Å². The highest BCUT2D eigenvalue weighted by molar-refractivity contribution is 5.79. The van der Waals surface area contributed by atoms with Crippen molar-refractivity contribution in [1.82, 2.24) is 20.9 Å². The van der Waals surface area contributed by atoms with Gasteiger partial charge in [-0.05, 0) is 53.2 Å². The SMILES string of the molecule is CCN(CC)CCCCNC(=NC)NCCNC(=O)OC(C)(C)C. The molecule has 7 heteroatoms. The lowest BCUT2D eigenvalue weighted by molar-refractivity contribution is 0.0529. The predicted octanol–water partition coefficient (Wildman–Crippen LogP) is 1.80. The van der Waals surface area contributed by atoms with Crippen molar-refractivity contribution in [2.75, 3.05) is 46.3 Å². The molecule has 0 bridgehead atoms. The minimum Gasteiger partial charge on any atom is -0.444 e. The van der Waals surface area contributed by atoms with Crippen LogP contribution in [0, 0.1) is 0 Å². The lowest BCUT2D eigenvalue weighted by Crippen LogP contribution is -2.42. The molecule has 0 atom stereocenters. The summed E-state index contributed by atoms with van der Waals surface area (Å²) in [6.07, 6.45) is 1.88. The first-order chi connectivity index (χ1) is 11.3. The minimum absolute atomic E-state index is 0.399. The van der Waals surface area contributed by atoms with Crippen LogP contribution in [0.3, 0.4) is 0 Å². The molecule has 24 heavy (non-hydrogen) atoms. The maximum atomic E-state index is 11.5. The average Bonchev–Trinajstić information content (AvgIpc) is 2.51. The molecule has 0 aliphatic rings. The van der Waals surface area contributed by atoms with E-state index in [4.69, 9.17) is 4.74 Å². The van der Waals surface area contributed by atoms with Gasteiger partial charge in [0.05, 0.1) is 0 Å². The molecule has 0 spiro atoms. The van der Waals surface area contributed by atoms with E-state index in [2.05, 4.69) is 39.7 Å². The molecular formula is C17H37N5O2. The summed E-state index contributed by atoms with van der Waals surface area (Å²) in [5.41, 5.74) is -0.472. The number of hydrogen-bond donors (Lipinski definition) is 3. The summed E-state index contributed by atoms with van der Waals surface area (Å²) in [6.45, 7) is 15.2. The van der Waals surface area contributed by atoms with Gasteiger partial charge >= 0.3 is 6.09 Å². The van der Waals surface area contributed by atoms with Crippen molar-refractivity contribution in [2.24, 2.45) is 4.99 Å². The molecule has 0 unspecified atom stereocenters. The number of nitrogens with zero attached hydrogens (tertiary/aromatic N) is 2. The Hall–Kier alpha value is -1.50. The first kappa shape index (κ1) is 22.5. The zero-order valence-corrected chi connectivity index (χ0v) is 16.4. The van der Waals surface area contributed by atoms with Crippen molar-refractivity contribution in [3.8, 4) is 0 Å². The highest BCUT2D eigenvalue weighted by Crippen LogP contribution is 2.05. The van der Waals surface area contributed by atoms with E-state index in [0.29, 0.717) is 13.1 Å². The molecule has 0 aromatic heterocycles. The topological polar surface area (TPSA) is 78.0 Å². The van der Waals surface area contributed by atoms with E-state index in [1.54, 1.807) is 7.05 Å². The minimum atomic E-state index is -0.472. The van der Waals surface area contributed by atoms with E-state index in [1.807, 2.05) is 20.8 Å². The zero-order chi connectivity index (χ0) is 18.4. The van der Waals surface area contributed by atoms with Crippen molar-refractivity contribution in [1.29, 1.82) is 0 Å². The van der Waals surface area contributed by atoms with Gasteiger partial charge in [0.1, 0.15) is 5.60 Å². The molecule has 142 valence electrons. The van der Waals surface area contributed by atoms with Crippen molar-refractivity contribution in [3.63, 3.8) is 0 Å². The summed E-state index contributed by atoms with van der Waals surface area (Å²) in [5, 5.41) is 9.16. The number of nitrogens with one attached hydrogen (secondary N) is 3. The van der Waals surface area contributed by atoms with Crippen LogP contribution in [0.1, 0.15) is 47.5 Å². The van der Waals surface area contributed by atoms with Crippen molar-refractivity contribution in [3.05, 3.63) is 0 Å². The quantitative estimate of drug-likeness (QED) is 0.320. The maximum Gasteiger partial charge on any atom is 0.407 e. The van der Waals surface area contributed by atoms with Crippen LogP contribution in [0.5, 0.6) is 0 Å². The maximum absolute atomic E-state index is 11.5. The van der Waals surface area contributed by atoms with E-state index < -0.39 is 11.7 Å². The summed E-state index contributed by atoms with van der Waals surface area (Å²) < 4.78 is 5.17. The Morgan fingerprint density at radius 1 is 1.00 bits per heavy atom. The first-order valence-corrected chi connectivity index (χ1v) is 8.96. The largest absolute Gasteiger partial charge is 0.444 e. The molecule has 0 saturated heterocycles. The van der Waals surface area contributed by atoms with Crippen LogP contribution in [0.25, 0.3) is 0 Å². The Kier molecular flexibility index (Phi) is 12.1. The number of aliphatic imine (C=N–C) groups is 1. The Morgan fingerprint density at radius 3 is 2.12 bits per heavy atom. The number of rotatable bonds is 10. The highest BCUT2D eigenvalue weighted by atomic mass is 16.6. The number of hydrogen-bond acceptors (Lipinski definition) is 4. The van der Waals surface area contributed by atoms with Gasteiger partial charge in [-0.2, -0.15) is 0 Å².